The number of piperidine rings is 1. The van der Waals surface area contributed by atoms with Gasteiger partial charge in [0.2, 0.25) is 0 Å². The predicted molar refractivity (Wildman–Crippen MR) is 50.6 cm³/mol. The maximum Gasteiger partial charge on any atom is 0.124 e. The van der Waals surface area contributed by atoms with Crippen LogP contribution in [0.5, 0.6) is 0 Å². The summed E-state index contributed by atoms with van der Waals surface area (Å²) in [5.41, 5.74) is 0. The van der Waals surface area contributed by atoms with Crippen LogP contribution in [0.25, 0.3) is 0 Å². The van der Waals surface area contributed by atoms with Crippen molar-refractivity contribution in [2.24, 2.45) is 5.92 Å². The lowest BCUT2D eigenvalue weighted by atomic mass is 9.96. The average Bonchev–Trinajstić information content (AvgIpc) is 2.62. The largest absolute Gasteiger partial charge is 0.391 e. The van der Waals surface area contributed by atoms with Crippen LogP contribution in [0.1, 0.15) is 13.3 Å². The van der Waals surface area contributed by atoms with Gasteiger partial charge >= 0.3 is 0 Å². The van der Waals surface area contributed by atoms with E-state index in [9.17, 15) is 5.11 Å². The summed E-state index contributed by atoms with van der Waals surface area (Å²) in [4.78, 5) is 2.14. The molecule has 0 saturated carbocycles. The van der Waals surface area contributed by atoms with E-state index in [4.69, 9.17) is 0 Å². The highest BCUT2D eigenvalue weighted by Crippen LogP contribution is 2.20. The molecule has 1 saturated heterocycles. The number of aromatic amines is 1. The Morgan fingerprint density at radius 2 is 2.54 bits per heavy atom. The number of β-amino-alcohol motifs (C(OH)–C–C–N with tert-alkyl or cyclic N) is 1. The fourth-order valence-corrected chi connectivity index (χ4v) is 1.69. The van der Waals surface area contributed by atoms with Gasteiger partial charge in [0.15, 0.2) is 0 Å². The number of aliphatic hydroxyl groups excluding tert-OH is 1. The molecule has 0 aromatic carbocycles. The zero-order valence-electron chi connectivity index (χ0n) is 7.77. The number of nitrogens with zero attached hydrogens (tertiary/aromatic N) is 2. The van der Waals surface area contributed by atoms with E-state index in [1.807, 2.05) is 6.07 Å². The third-order valence-electron chi connectivity index (χ3n) is 2.75. The summed E-state index contributed by atoms with van der Waals surface area (Å²) in [5, 5.41) is 16.5. The topological polar surface area (TPSA) is 52.2 Å². The monoisotopic (exact) mass is 181 g/mol. The number of aromatic nitrogens is 2. The van der Waals surface area contributed by atoms with Gasteiger partial charge in [0.05, 0.1) is 12.3 Å². The van der Waals surface area contributed by atoms with Crippen LogP contribution in [-0.2, 0) is 0 Å². The van der Waals surface area contributed by atoms with Crippen molar-refractivity contribution in [3.63, 3.8) is 0 Å². The minimum absolute atomic E-state index is 0.211. The van der Waals surface area contributed by atoms with Crippen molar-refractivity contribution in [3.05, 3.63) is 12.3 Å². The number of nitrogens with one attached hydrogen (secondary N) is 1. The number of rotatable bonds is 1. The molecule has 2 atom stereocenters. The molecule has 0 amide bonds. The Kier molecular flexibility index (Phi) is 2.22. The Bertz CT molecular complexity index is 260. The Labute approximate surface area is 77.6 Å². The number of aliphatic hydroxyl groups is 1. The van der Waals surface area contributed by atoms with Crippen molar-refractivity contribution in [1.82, 2.24) is 10.2 Å². The van der Waals surface area contributed by atoms with E-state index in [0.29, 0.717) is 12.5 Å². The van der Waals surface area contributed by atoms with Crippen molar-refractivity contribution in [3.8, 4) is 0 Å². The fraction of sp³-hybridized carbons (Fsp3) is 0.667. The zero-order chi connectivity index (χ0) is 9.26. The highest BCUT2D eigenvalue weighted by Gasteiger charge is 2.24. The van der Waals surface area contributed by atoms with Crippen LogP contribution in [-0.4, -0.2) is 34.5 Å². The number of anilines is 1. The van der Waals surface area contributed by atoms with E-state index in [1.165, 1.54) is 0 Å². The molecule has 0 unspecified atom stereocenters. The Balaban J connectivity index is 2.03. The minimum Gasteiger partial charge on any atom is -0.391 e. The van der Waals surface area contributed by atoms with E-state index >= 15 is 0 Å². The quantitative estimate of drug-likeness (QED) is 0.667. The first-order valence-corrected chi connectivity index (χ1v) is 4.70. The molecule has 72 valence electrons. The molecular formula is C9H15N3O. The first kappa shape index (κ1) is 8.56. The van der Waals surface area contributed by atoms with E-state index in [-0.39, 0.29) is 6.10 Å². The van der Waals surface area contributed by atoms with Gasteiger partial charge in [-0.1, -0.05) is 6.92 Å². The van der Waals surface area contributed by atoms with Gasteiger partial charge in [-0.3, -0.25) is 5.10 Å². The number of hydrogen-bond donors (Lipinski definition) is 2. The summed E-state index contributed by atoms with van der Waals surface area (Å²) in [6, 6.07) is 1.93. The normalized spacial score (nSPS) is 29.2. The van der Waals surface area contributed by atoms with Gasteiger partial charge in [-0.25, -0.2) is 0 Å². The lowest BCUT2D eigenvalue weighted by Crippen LogP contribution is -2.43. The van der Waals surface area contributed by atoms with Crippen molar-refractivity contribution in [2.75, 3.05) is 18.0 Å². The van der Waals surface area contributed by atoms with E-state index in [0.717, 1.165) is 18.8 Å². The lowest BCUT2D eigenvalue weighted by molar-refractivity contribution is 0.102. The molecule has 4 nitrogen and oxygen atoms in total. The predicted octanol–water partition coefficient (Wildman–Crippen LogP) is 0.617. The highest BCUT2D eigenvalue weighted by molar-refractivity contribution is 5.37. The summed E-state index contributed by atoms with van der Waals surface area (Å²) in [7, 11) is 0. The van der Waals surface area contributed by atoms with Crippen LogP contribution in [0.4, 0.5) is 5.82 Å². The number of hydrogen-bond acceptors (Lipinski definition) is 3. The van der Waals surface area contributed by atoms with Gasteiger partial charge in [-0.2, -0.15) is 5.10 Å². The number of H-pyrrole nitrogens is 1. The fourth-order valence-electron chi connectivity index (χ4n) is 1.69. The average molecular weight is 181 g/mol. The van der Waals surface area contributed by atoms with Gasteiger partial charge in [0, 0.05) is 19.2 Å². The summed E-state index contributed by atoms with van der Waals surface area (Å²) >= 11 is 0. The van der Waals surface area contributed by atoms with Crippen LogP contribution < -0.4 is 4.90 Å². The molecule has 0 radical (unpaired) electrons. The zero-order valence-corrected chi connectivity index (χ0v) is 7.77. The highest BCUT2D eigenvalue weighted by atomic mass is 16.3. The minimum atomic E-state index is -0.211. The molecular weight excluding hydrogens is 166 g/mol. The maximum atomic E-state index is 9.67. The SMILES string of the molecule is C[C@H]1CCN(c2ccn[nH]2)C[C@@H]1O. The molecule has 1 aliphatic heterocycles. The third-order valence-corrected chi connectivity index (χ3v) is 2.75. The van der Waals surface area contributed by atoms with Crippen LogP contribution in [0.2, 0.25) is 0 Å². The van der Waals surface area contributed by atoms with Crippen molar-refractivity contribution in [2.45, 2.75) is 19.4 Å². The molecule has 2 N–H and O–H groups in total. The maximum absolute atomic E-state index is 9.67. The van der Waals surface area contributed by atoms with Crippen molar-refractivity contribution < 1.29 is 5.11 Å². The summed E-state index contributed by atoms with van der Waals surface area (Å²) < 4.78 is 0. The molecule has 1 aliphatic rings. The summed E-state index contributed by atoms with van der Waals surface area (Å²) in [6.45, 7) is 3.80. The molecule has 2 rings (SSSR count). The van der Waals surface area contributed by atoms with Crippen LogP contribution >= 0.6 is 0 Å². The molecule has 1 aromatic heterocycles. The van der Waals surface area contributed by atoms with Gasteiger partial charge in [-0.15, -0.1) is 0 Å². The second kappa shape index (κ2) is 3.38. The molecule has 4 heteroatoms. The van der Waals surface area contributed by atoms with E-state index in [2.05, 4.69) is 22.0 Å². The van der Waals surface area contributed by atoms with E-state index < -0.39 is 0 Å². The van der Waals surface area contributed by atoms with Gasteiger partial charge < -0.3 is 10.0 Å². The van der Waals surface area contributed by atoms with Gasteiger partial charge in [0.1, 0.15) is 5.82 Å². The lowest BCUT2D eigenvalue weighted by Gasteiger charge is -2.34. The Morgan fingerprint density at radius 3 is 3.15 bits per heavy atom. The Morgan fingerprint density at radius 1 is 1.69 bits per heavy atom. The molecule has 0 spiro atoms. The van der Waals surface area contributed by atoms with Gasteiger partial charge in [-0.05, 0) is 12.3 Å². The van der Waals surface area contributed by atoms with Crippen LogP contribution in [0, 0.1) is 5.92 Å². The van der Waals surface area contributed by atoms with Crippen LogP contribution in [0.3, 0.4) is 0 Å². The Hall–Kier alpha value is -1.03. The van der Waals surface area contributed by atoms with E-state index in [1.54, 1.807) is 6.20 Å². The smallest absolute Gasteiger partial charge is 0.124 e. The second-order valence-corrected chi connectivity index (χ2v) is 3.72. The molecule has 2 heterocycles. The first-order valence-electron chi connectivity index (χ1n) is 4.70. The molecule has 0 aliphatic carbocycles. The van der Waals surface area contributed by atoms with Crippen LogP contribution in [0.15, 0.2) is 12.3 Å². The van der Waals surface area contributed by atoms with Crippen molar-refractivity contribution >= 4 is 5.82 Å². The molecule has 0 bridgehead atoms. The summed E-state index contributed by atoms with van der Waals surface area (Å²) in [6.07, 6.45) is 2.57. The summed E-state index contributed by atoms with van der Waals surface area (Å²) in [5.74, 6) is 1.42. The second-order valence-electron chi connectivity index (χ2n) is 3.72. The molecule has 1 fully saturated rings. The standard InChI is InChI=1S/C9H15N3O/c1-7-3-5-12(6-8(7)13)9-2-4-10-11-9/h2,4,7-8,13H,3,5-6H2,1H3,(H,10,11)/t7-,8-/m0/s1. The molecule has 1 aromatic rings. The third kappa shape index (κ3) is 1.67. The first-order chi connectivity index (χ1) is 6.27. The molecule has 13 heavy (non-hydrogen) atoms. The van der Waals surface area contributed by atoms with Gasteiger partial charge in [0.25, 0.3) is 0 Å². The van der Waals surface area contributed by atoms with Crippen molar-refractivity contribution in [1.29, 1.82) is 0 Å².